The lowest BCUT2D eigenvalue weighted by atomic mass is 10.0. The van der Waals surface area contributed by atoms with Crippen LogP contribution >= 0.6 is 0 Å². The average molecular weight is 1450 g/mol. The molecule has 1 aromatic heterocycles. The Kier molecular flexibility index (Phi) is 24.6. The molecule has 2 unspecified atom stereocenters. The molecule has 104 heavy (non-hydrogen) atoms. The van der Waals surface area contributed by atoms with Crippen LogP contribution in [0, 0.1) is 6.92 Å². The highest BCUT2D eigenvalue weighted by Crippen LogP contribution is 2.44. The minimum absolute atomic E-state index is 0.00262. The van der Waals surface area contributed by atoms with Crippen LogP contribution in [-0.4, -0.2) is 236 Å². The Morgan fingerprint density at radius 1 is 0.548 bits per heavy atom. The third-order valence-electron chi connectivity index (χ3n) is 18.7. The molecule has 0 bridgehead atoms. The average Bonchev–Trinajstić information content (AvgIpc) is 1.60. The molecule has 2 fully saturated rings. The molecular weight excluding hydrogens is 1360 g/mol. The molecule has 32 nitrogen and oxygen atoms in total. The second kappa shape index (κ2) is 33.7. The van der Waals surface area contributed by atoms with Crippen molar-refractivity contribution in [2.45, 2.75) is 172 Å². The van der Waals surface area contributed by atoms with Crippen molar-refractivity contribution in [3.05, 3.63) is 135 Å². The number of aliphatic hydroxyl groups is 8. The molecule has 560 valence electrons. The van der Waals surface area contributed by atoms with Gasteiger partial charge in [0.25, 0.3) is 11.8 Å². The van der Waals surface area contributed by atoms with Gasteiger partial charge in [-0.3, -0.25) is 19.2 Å². The lowest BCUT2D eigenvalue weighted by Crippen LogP contribution is -2.54. The fourth-order valence-electron chi connectivity index (χ4n) is 13.1. The monoisotopic (exact) mass is 1450 g/mol. The molecule has 0 radical (unpaired) electrons. The van der Waals surface area contributed by atoms with Crippen LogP contribution in [0.1, 0.15) is 129 Å². The Morgan fingerprint density at radius 2 is 1.05 bits per heavy atom. The van der Waals surface area contributed by atoms with E-state index in [4.69, 9.17) is 52.1 Å². The van der Waals surface area contributed by atoms with Gasteiger partial charge in [-0.05, 0) is 112 Å². The number of ether oxygens (including phenoxy) is 11. The first-order valence-electron chi connectivity index (χ1n) is 34.2. The summed E-state index contributed by atoms with van der Waals surface area (Å²) in [5.74, 6) is -1.31. The SMILES string of the molecule is COCCCC(=O)c1cc(COC(=O)N2c3cc(OCCCCCOc4cc5c(cc4C)C(=O)N4C=C(C)C[C@H]4C(O)N5C(=O)OCc4ccc(O[C@@H]5OC[C@@H](O)[C@H](O)[C@H]5O)c(C(=O)CCc5cn(CCOC)nn5)c4)c(OC)cc3C(=O)N3C=C(C)C[C@H]3C2O)ccc1O[C@@H]1OC[C@@H](O)[C@H](O)[C@H]1O. The Morgan fingerprint density at radius 3 is 1.57 bits per heavy atom. The number of rotatable bonds is 29. The number of carbonyl (C=O) groups is 6. The molecule has 2 saturated heterocycles. The van der Waals surface area contributed by atoms with Gasteiger partial charge in [-0.15, -0.1) is 5.10 Å². The molecule has 4 aromatic carbocycles. The van der Waals surface area contributed by atoms with Crippen LogP contribution in [0.5, 0.6) is 28.7 Å². The predicted octanol–water partition coefficient (Wildman–Crippen LogP) is 4.12. The van der Waals surface area contributed by atoms with E-state index in [0.717, 1.165) is 20.9 Å². The number of anilines is 2. The molecule has 0 aliphatic carbocycles. The highest BCUT2D eigenvalue weighted by Gasteiger charge is 2.48. The molecule has 7 heterocycles. The van der Waals surface area contributed by atoms with Crippen molar-refractivity contribution in [2.24, 2.45) is 0 Å². The van der Waals surface area contributed by atoms with Crippen LogP contribution in [0.4, 0.5) is 21.0 Å². The van der Waals surface area contributed by atoms with Crippen LogP contribution in [0.2, 0.25) is 0 Å². The maximum absolute atomic E-state index is 14.6. The maximum atomic E-state index is 14.6. The largest absolute Gasteiger partial charge is 0.493 e. The number of aromatic nitrogens is 3. The second-order valence-corrected chi connectivity index (χ2v) is 26.3. The number of methoxy groups -OCH3 is 3. The molecule has 6 aliphatic heterocycles. The summed E-state index contributed by atoms with van der Waals surface area (Å²) in [4.78, 5) is 90.4. The van der Waals surface area contributed by atoms with Crippen molar-refractivity contribution in [1.29, 1.82) is 0 Å². The quantitative estimate of drug-likeness (QED) is 0.0246. The first kappa shape index (κ1) is 76.0. The van der Waals surface area contributed by atoms with Crippen LogP contribution < -0.4 is 33.5 Å². The van der Waals surface area contributed by atoms with E-state index in [0.29, 0.717) is 67.0 Å². The second-order valence-electron chi connectivity index (χ2n) is 26.3. The number of carbonyl (C=O) groups excluding carboxylic acids is 6. The van der Waals surface area contributed by atoms with E-state index in [2.05, 4.69) is 10.3 Å². The third kappa shape index (κ3) is 16.8. The number of hydrogen-bond acceptors (Lipinski definition) is 27. The number of benzene rings is 4. The zero-order chi connectivity index (χ0) is 74.2. The molecule has 32 heteroatoms. The molecule has 8 N–H and O–H groups in total. The number of ketones is 2. The van der Waals surface area contributed by atoms with Crippen molar-refractivity contribution in [1.82, 2.24) is 24.8 Å². The van der Waals surface area contributed by atoms with Gasteiger partial charge in [-0.25, -0.2) is 24.1 Å². The van der Waals surface area contributed by atoms with E-state index in [9.17, 15) is 69.6 Å². The summed E-state index contributed by atoms with van der Waals surface area (Å²) in [6.45, 7) is 5.08. The summed E-state index contributed by atoms with van der Waals surface area (Å²) < 4.78 is 64.7. The zero-order valence-corrected chi connectivity index (χ0v) is 58.3. The fraction of sp³-hybridized carbons (Fsp3) is 0.500. The van der Waals surface area contributed by atoms with E-state index in [-0.39, 0.29) is 128 Å². The molecular formula is C72H87N7O25. The minimum atomic E-state index is -1.68. The Hall–Kier alpha value is -9.16. The highest BCUT2D eigenvalue weighted by molar-refractivity contribution is 6.08. The summed E-state index contributed by atoms with van der Waals surface area (Å²) in [5.41, 5.74) is 3.32. The van der Waals surface area contributed by atoms with Crippen molar-refractivity contribution < 1.29 is 122 Å². The van der Waals surface area contributed by atoms with Gasteiger partial charge in [0.15, 0.2) is 35.5 Å². The normalized spacial score (nSPS) is 24.3. The van der Waals surface area contributed by atoms with E-state index in [1.54, 1.807) is 57.2 Å². The molecule has 0 saturated carbocycles. The molecule has 5 aromatic rings. The fourth-order valence-corrected chi connectivity index (χ4v) is 13.1. The van der Waals surface area contributed by atoms with E-state index in [1.165, 1.54) is 78.6 Å². The molecule has 11 rings (SSSR count). The van der Waals surface area contributed by atoms with Crippen molar-refractivity contribution in [3.8, 4) is 28.7 Å². The van der Waals surface area contributed by atoms with Crippen LogP contribution in [0.15, 0.2) is 90.4 Å². The van der Waals surface area contributed by atoms with Gasteiger partial charge in [-0.1, -0.05) is 28.5 Å². The summed E-state index contributed by atoms with van der Waals surface area (Å²) in [6, 6.07) is 12.8. The standard InChI is InChI=1S/C72H87N7O25/c1-38-23-50-67(90)78(71(92)101-35-42-13-17-57(104-70-64(87)62(85)55(83)37-100-70)47(27-42)53(81)15-14-43-33-75(74-73-43)18-22-95-5)48-29-58(40(3)25-44(48)65(88)76(50)31-38)97-20-8-7-9-21-98-60-30-49-45(28-59(60)96-6)66(89)77-32-39(2)24-51(77)68(91)79(49)72(93)102-34-41-12-16-56(46(26-41)52(80)11-10-19-94-4)103-69-63(86)61(84)54(82)36-99-69/h12-13,16-17,25-33,50-51,54-55,61-64,67-70,82-87,90-91H,7-11,14-15,18-24,34-37H2,1-6H3/t50-,51-,54+,55+,61-,62-,63+,64+,67?,68?,69-,70-/m0/s1. The number of amides is 4. The van der Waals surface area contributed by atoms with E-state index in [1.807, 2.05) is 0 Å². The number of aryl methyl sites for hydroxylation is 2. The Labute approximate surface area is 597 Å². The molecule has 12 atom stereocenters. The lowest BCUT2D eigenvalue weighted by molar-refractivity contribution is -0.242. The molecule has 6 aliphatic rings. The summed E-state index contributed by atoms with van der Waals surface area (Å²) in [6.07, 6.45) is -10.3. The van der Waals surface area contributed by atoms with Crippen LogP contribution in [-0.2, 0) is 54.6 Å². The smallest absolute Gasteiger partial charge is 0.416 e. The number of Topliss-reactive ketones (excluding diaryl/α,β-unsaturated/α-hetero) is 2. The number of aliphatic hydroxyl groups excluding tert-OH is 8. The molecule has 0 spiro atoms. The van der Waals surface area contributed by atoms with Gasteiger partial charge in [-0.2, -0.15) is 0 Å². The third-order valence-corrected chi connectivity index (χ3v) is 18.7. The van der Waals surface area contributed by atoms with E-state index >= 15 is 0 Å². The number of fused-ring (bicyclic) bond motifs is 4. The van der Waals surface area contributed by atoms with Crippen molar-refractivity contribution in [2.75, 3.05) is 70.8 Å². The van der Waals surface area contributed by atoms with Gasteiger partial charge in [0.2, 0.25) is 12.6 Å². The first-order valence-corrected chi connectivity index (χ1v) is 34.2. The van der Waals surface area contributed by atoms with Gasteiger partial charge in [0.05, 0.1) is 98.1 Å². The minimum Gasteiger partial charge on any atom is -0.493 e. The van der Waals surface area contributed by atoms with Crippen molar-refractivity contribution >= 4 is 46.9 Å². The van der Waals surface area contributed by atoms with Gasteiger partial charge >= 0.3 is 12.2 Å². The van der Waals surface area contributed by atoms with Crippen LogP contribution in [0.3, 0.4) is 0 Å². The lowest BCUT2D eigenvalue weighted by Gasteiger charge is -2.35. The zero-order valence-electron chi connectivity index (χ0n) is 58.3. The summed E-state index contributed by atoms with van der Waals surface area (Å²) in [5, 5.41) is 94.6. The highest BCUT2D eigenvalue weighted by atomic mass is 16.7. The Balaban J connectivity index is 0.758. The maximum Gasteiger partial charge on any atom is 0.416 e. The summed E-state index contributed by atoms with van der Waals surface area (Å²) in [7, 11) is 4.44. The Bertz CT molecular complexity index is 4030. The van der Waals surface area contributed by atoms with Crippen molar-refractivity contribution in [3.63, 3.8) is 0 Å². The van der Waals surface area contributed by atoms with Gasteiger partial charge in [0, 0.05) is 70.8 Å². The van der Waals surface area contributed by atoms with Crippen LogP contribution in [0.25, 0.3) is 0 Å². The topological polar surface area (TPSA) is 409 Å². The first-order chi connectivity index (χ1) is 50.0. The predicted molar refractivity (Wildman–Crippen MR) is 363 cm³/mol. The number of hydrogen-bond donors (Lipinski definition) is 8. The van der Waals surface area contributed by atoms with Gasteiger partial charge in [0.1, 0.15) is 67.1 Å². The molecule has 4 amide bonds. The summed E-state index contributed by atoms with van der Waals surface area (Å²) >= 11 is 0. The van der Waals surface area contributed by atoms with Gasteiger partial charge < -0.3 is 103 Å². The van der Waals surface area contributed by atoms with E-state index < -0.39 is 117 Å². The number of nitrogens with zero attached hydrogens (tertiary/aromatic N) is 7. The number of unbranched alkanes of at least 4 members (excludes halogenated alkanes) is 2.